The zero-order valence-electron chi connectivity index (χ0n) is 11.7. The van der Waals surface area contributed by atoms with Crippen LogP contribution in [0.3, 0.4) is 0 Å². The van der Waals surface area contributed by atoms with E-state index in [-0.39, 0.29) is 18.7 Å². The van der Waals surface area contributed by atoms with Crippen LogP contribution in [0, 0.1) is 0 Å². The van der Waals surface area contributed by atoms with Crippen molar-refractivity contribution in [3.05, 3.63) is 59.7 Å². The highest BCUT2D eigenvalue weighted by Gasteiger charge is 2.20. The molecule has 1 aliphatic rings. The summed E-state index contributed by atoms with van der Waals surface area (Å²) < 4.78 is 16.1. The Hall–Kier alpha value is -2.33. The first-order valence-electron chi connectivity index (χ1n) is 6.78. The maximum atomic E-state index is 12.3. The second-order valence-electron chi connectivity index (χ2n) is 4.83. The molecule has 1 heterocycles. The SMILES string of the molecule is COC(CC(=O)c1ccccc1)c1ccc2c(c1)OCO2. The van der Waals surface area contributed by atoms with Crippen LogP contribution in [0.4, 0.5) is 0 Å². The van der Waals surface area contributed by atoms with Gasteiger partial charge in [-0.25, -0.2) is 0 Å². The minimum atomic E-state index is -0.299. The molecule has 2 aromatic carbocycles. The highest BCUT2D eigenvalue weighted by atomic mass is 16.7. The summed E-state index contributed by atoms with van der Waals surface area (Å²) in [7, 11) is 1.60. The summed E-state index contributed by atoms with van der Waals surface area (Å²) in [6, 6.07) is 14.8. The maximum absolute atomic E-state index is 12.3. The summed E-state index contributed by atoms with van der Waals surface area (Å²) in [5.41, 5.74) is 1.60. The van der Waals surface area contributed by atoms with Gasteiger partial charge in [0.15, 0.2) is 17.3 Å². The molecule has 4 heteroatoms. The number of ketones is 1. The van der Waals surface area contributed by atoms with Crippen LogP contribution in [0.1, 0.15) is 28.4 Å². The number of Topliss-reactive ketones (excluding diaryl/α,β-unsaturated/α-hetero) is 1. The van der Waals surface area contributed by atoms with Gasteiger partial charge in [-0.1, -0.05) is 36.4 Å². The van der Waals surface area contributed by atoms with Gasteiger partial charge in [-0.05, 0) is 17.7 Å². The zero-order valence-corrected chi connectivity index (χ0v) is 11.7. The predicted octanol–water partition coefficient (Wildman–Crippen LogP) is 3.38. The van der Waals surface area contributed by atoms with E-state index in [1.165, 1.54) is 0 Å². The monoisotopic (exact) mass is 284 g/mol. The summed E-state index contributed by atoms with van der Waals surface area (Å²) in [5.74, 6) is 1.48. The van der Waals surface area contributed by atoms with Gasteiger partial charge in [0.2, 0.25) is 6.79 Å². The van der Waals surface area contributed by atoms with Gasteiger partial charge >= 0.3 is 0 Å². The Balaban J connectivity index is 1.78. The van der Waals surface area contributed by atoms with E-state index in [2.05, 4.69) is 0 Å². The van der Waals surface area contributed by atoms with Crippen LogP contribution in [0.25, 0.3) is 0 Å². The van der Waals surface area contributed by atoms with E-state index in [0.717, 1.165) is 11.3 Å². The molecule has 0 N–H and O–H groups in total. The molecule has 1 aliphatic heterocycles. The van der Waals surface area contributed by atoms with Crippen LogP contribution >= 0.6 is 0 Å². The molecule has 1 atom stereocenters. The Morgan fingerprint density at radius 1 is 1.14 bits per heavy atom. The molecule has 0 saturated carbocycles. The van der Waals surface area contributed by atoms with E-state index in [1.807, 2.05) is 48.5 Å². The van der Waals surface area contributed by atoms with E-state index < -0.39 is 0 Å². The van der Waals surface area contributed by atoms with Crippen molar-refractivity contribution in [2.75, 3.05) is 13.9 Å². The van der Waals surface area contributed by atoms with E-state index in [9.17, 15) is 4.79 Å². The number of hydrogen-bond acceptors (Lipinski definition) is 4. The van der Waals surface area contributed by atoms with Crippen molar-refractivity contribution in [1.29, 1.82) is 0 Å². The molecule has 2 aromatic rings. The van der Waals surface area contributed by atoms with Crippen LogP contribution in [0.2, 0.25) is 0 Å². The molecule has 0 spiro atoms. The van der Waals surface area contributed by atoms with E-state index in [0.29, 0.717) is 17.7 Å². The van der Waals surface area contributed by atoms with Crippen molar-refractivity contribution in [3.63, 3.8) is 0 Å². The number of methoxy groups -OCH3 is 1. The van der Waals surface area contributed by atoms with Gasteiger partial charge in [-0.2, -0.15) is 0 Å². The third-order valence-corrected chi connectivity index (χ3v) is 3.52. The Bertz CT molecular complexity index is 636. The normalized spacial score (nSPS) is 14.0. The Labute approximate surface area is 123 Å². The first-order chi connectivity index (χ1) is 10.3. The highest BCUT2D eigenvalue weighted by molar-refractivity contribution is 5.96. The quantitative estimate of drug-likeness (QED) is 0.790. The van der Waals surface area contributed by atoms with Crippen LogP contribution in [-0.4, -0.2) is 19.7 Å². The Kier molecular flexibility index (Phi) is 3.88. The number of carbonyl (C=O) groups excluding carboxylic acids is 1. The molecule has 21 heavy (non-hydrogen) atoms. The second-order valence-corrected chi connectivity index (χ2v) is 4.83. The minimum absolute atomic E-state index is 0.0557. The number of fused-ring (bicyclic) bond motifs is 1. The van der Waals surface area contributed by atoms with E-state index in [4.69, 9.17) is 14.2 Å². The Morgan fingerprint density at radius 3 is 2.67 bits per heavy atom. The van der Waals surface area contributed by atoms with Gasteiger partial charge in [0, 0.05) is 19.1 Å². The number of benzene rings is 2. The first-order valence-corrected chi connectivity index (χ1v) is 6.78. The molecular weight excluding hydrogens is 268 g/mol. The lowest BCUT2D eigenvalue weighted by Gasteiger charge is -2.15. The number of ether oxygens (including phenoxy) is 3. The van der Waals surface area contributed by atoms with Gasteiger partial charge in [0.1, 0.15) is 0 Å². The fraction of sp³-hybridized carbons (Fsp3) is 0.235. The highest BCUT2D eigenvalue weighted by Crippen LogP contribution is 2.35. The smallest absolute Gasteiger partial charge is 0.231 e. The molecule has 0 radical (unpaired) electrons. The van der Waals surface area contributed by atoms with Crippen molar-refractivity contribution in [3.8, 4) is 11.5 Å². The zero-order chi connectivity index (χ0) is 14.7. The van der Waals surface area contributed by atoms with Crippen molar-refractivity contribution >= 4 is 5.78 Å². The molecule has 1 unspecified atom stereocenters. The van der Waals surface area contributed by atoms with Gasteiger partial charge < -0.3 is 14.2 Å². The van der Waals surface area contributed by atoms with Gasteiger partial charge in [-0.15, -0.1) is 0 Å². The number of carbonyl (C=O) groups is 1. The average molecular weight is 284 g/mol. The maximum Gasteiger partial charge on any atom is 0.231 e. The van der Waals surface area contributed by atoms with Crippen LogP contribution in [0.15, 0.2) is 48.5 Å². The second kappa shape index (κ2) is 5.97. The summed E-state index contributed by atoms with van der Waals surface area (Å²) in [4.78, 5) is 12.3. The first kappa shape index (κ1) is 13.6. The van der Waals surface area contributed by atoms with Crippen LogP contribution in [-0.2, 0) is 4.74 Å². The minimum Gasteiger partial charge on any atom is -0.454 e. The van der Waals surface area contributed by atoms with E-state index >= 15 is 0 Å². The number of hydrogen-bond donors (Lipinski definition) is 0. The standard InChI is InChI=1S/C17H16O4/c1-19-16(10-14(18)12-5-3-2-4-6-12)13-7-8-15-17(9-13)21-11-20-15/h2-9,16H,10-11H2,1H3. The summed E-state index contributed by atoms with van der Waals surface area (Å²) in [6.45, 7) is 0.235. The van der Waals surface area contributed by atoms with Crippen molar-refractivity contribution in [2.24, 2.45) is 0 Å². The van der Waals surface area contributed by atoms with Gasteiger partial charge in [0.25, 0.3) is 0 Å². The van der Waals surface area contributed by atoms with Crippen LogP contribution in [0.5, 0.6) is 11.5 Å². The summed E-state index contributed by atoms with van der Waals surface area (Å²) in [5, 5.41) is 0. The lowest BCUT2D eigenvalue weighted by atomic mass is 10.00. The fourth-order valence-electron chi connectivity index (χ4n) is 2.36. The van der Waals surface area contributed by atoms with Crippen molar-refractivity contribution in [1.82, 2.24) is 0 Å². The summed E-state index contributed by atoms with van der Waals surface area (Å²) >= 11 is 0. The largest absolute Gasteiger partial charge is 0.454 e. The van der Waals surface area contributed by atoms with Gasteiger partial charge in [-0.3, -0.25) is 4.79 Å². The fourth-order valence-corrected chi connectivity index (χ4v) is 2.36. The third kappa shape index (κ3) is 2.90. The topological polar surface area (TPSA) is 44.8 Å². The predicted molar refractivity (Wildman–Crippen MR) is 77.7 cm³/mol. The van der Waals surface area contributed by atoms with E-state index in [1.54, 1.807) is 7.11 Å². The lowest BCUT2D eigenvalue weighted by molar-refractivity contribution is 0.0729. The molecule has 0 aromatic heterocycles. The van der Waals surface area contributed by atoms with Gasteiger partial charge in [0.05, 0.1) is 6.10 Å². The molecule has 3 rings (SSSR count). The van der Waals surface area contributed by atoms with Crippen molar-refractivity contribution < 1.29 is 19.0 Å². The molecule has 0 fully saturated rings. The molecule has 0 bridgehead atoms. The molecular formula is C17H16O4. The molecule has 0 saturated heterocycles. The molecule has 4 nitrogen and oxygen atoms in total. The molecule has 0 aliphatic carbocycles. The van der Waals surface area contributed by atoms with Crippen LogP contribution < -0.4 is 9.47 Å². The van der Waals surface area contributed by atoms with Crippen molar-refractivity contribution in [2.45, 2.75) is 12.5 Å². The molecule has 108 valence electrons. The Morgan fingerprint density at radius 2 is 1.90 bits per heavy atom. The number of rotatable bonds is 5. The molecule has 0 amide bonds. The average Bonchev–Trinajstić information content (AvgIpc) is 3.00. The third-order valence-electron chi connectivity index (χ3n) is 3.52. The summed E-state index contributed by atoms with van der Waals surface area (Å²) in [6.07, 6.45) is -0.00706. The lowest BCUT2D eigenvalue weighted by Crippen LogP contribution is -2.09.